The van der Waals surface area contributed by atoms with Crippen molar-refractivity contribution in [3.8, 4) is 6.07 Å². The van der Waals surface area contributed by atoms with E-state index in [2.05, 4.69) is 39.0 Å². The third kappa shape index (κ3) is 2.12. The first-order valence-corrected chi connectivity index (χ1v) is 5.18. The van der Waals surface area contributed by atoms with Gasteiger partial charge in [0.2, 0.25) is 0 Å². The van der Waals surface area contributed by atoms with Crippen LogP contribution in [0.4, 0.5) is 5.69 Å². The molecular weight excluding hydrogens is 184 g/mol. The first kappa shape index (κ1) is 11.6. The molecule has 1 aromatic rings. The summed E-state index contributed by atoms with van der Waals surface area (Å²) in [6.07, 6.45) is 0. The van der Waals surface area contributed by atoms with Crippen LogP contribution < -0.4 is 4.90 Å². The van der Waals surface area contributed by atoms with Crippen molar-refractivity contribution >= 4 is 5.69 Å². The Balaban J connectivity index is 3.17. The Bertz CT molecular complexity index is 402. The zero-order valence-electron chi connectivity index (χ0n) is 10.1. The number of aryl methyl sites for hydroxylation is 1. The van der Waals surface area contributed by atoms with E-state index in [9.17, 15) is 0 Å². The summed E-state index contributed by atoms with van der Waals surface area (Å²) in [5, 5.41) is 8.89. The molecule has 1 aromatic carbocycles. The van der Waals surface area contributed by atoms with E-state index >= 15 is 0 Å². The molecule has 0 aromatic heterocycles. The number of anilines is 1. The lowest BCUT2D eigenvalue weighted by molar-refractivity contribution is 0.830. The lowest BCUT2D eigenvalue weighted by Gasteiger charge is -2.25. The minimum atomic E-state index is -0.0918. The van der Waals surface area contributed by atoms with Gasteiger partial charge in [-0.3, -0.25) is 0 Å². The predicted molar refractivity (Wildman–Crippen MR) is 64.1 cm³/mol. The van der Waals surface area contributed by atoms with Crippen LogP contribution in [0.25, 0.3) is 0 Å². The molecule has 0 spiro atoms. The smallest absolute Gasteiger partial charge is 0.113 e. The Hall–Kier alpha value is -1.49. The van der Waals surface area contributed by atoms with Gasteiger partial charge in [0.05, 0.1) is 6.07 Å². The van der Waals surface area contributed by atoms with Crippen LogP contribution in [0.3, 0.4) is 0 Å². The van der Waals surface area contributed by atoms with Crippen molar-refractivity contribution < 1.29 is 0 Å². The fourth-order valence-corrected chi connectivity index (χ4v) is 1.62. The molecule has 0 bridgehead atoms. The fraction of sp³-hybridized carbons (Fsp3) is 0.462. The number of benzene rings is 1. The maximum atomic E-state index is 8.89. The van der Waals surface area contributed by atoms with Gasteiger partial charge in [-0.25, -0.2) is 0 Å². The first-order chi connectivity index (χ1) is 6.99. The van der Waals surface area contributed by atoms with Gasteiger partial charge in [-0.05, 0) is 50.5 Å². The molecule has 0 aliphatic heterocycles. The molecule has 2 nitrogen and oxygen atoms in total. The lowest BCUT2D eigenvalue weighted by atomic mass is 10.0. The first-order valence-electron chi connectivity index (χ1n) is 5.18. The van der Waals surface area contributed by atoms with Crippen molar-refractivity contribution in [2.75, 3.05) is 11.9 Å². The molecule has 1 rings (SSSR count). The maximum Gasteiger partial charge on any atom is 0.113 e. The quantitative estimate of drug-likeness (QED) is 0.737. The van der Waals surface area contributed by atoms with E-state index in [0.717, 1.165) is 5.69 Å². The predicted octanol–water partition coefficient (Wildman–Crippen LogP) is 2.96. The molecule has 0 aliphatic carbocycles. The van der Waals surface area contributed by atoms with Crippen LogP contribution in [0.2, 0.25) is 0 Å². The third-order valence-corrected chi connectivity index (χ3v) is 3.18. The molecule has 0 aliphatic rings. The van der Waals surface area contributed by atoms with Crippen LogP contribution in [-0.4, -0.2) is 13.1 Å². The largest absolute Gasteiger partial charge is 0.359 e. The van der Waals surface area contributed by atoms with Gasteiger partial charge < -0.3 is 4.90 Å². The van der Waals surface area contributed by atoms with Crippen molar-refractivity contribution in [2.24, 2.45) is 0 Å². The van der Waals surface area contributed by atoms with Crippen molar-refractivity contribution in [3.63, 3.8) is 0 Å². The van der Waals surface area contributed by atoms with Gasteiger partial charge in [-0.15, -0.1) is 0 Å². The summed E-state index contributed by atoms with van der Waals surface area (Å²) in [5.74, 6) is 0. The van der Waals surface area contributed by atoms with Crippen LogP contribution in [0, 0.1) is 32.1 Å². The molecule has 0 amide bonds. The highest BCUT2D eigenvalue weighted by molar-refractivity contribution is 5.58. The summed E-state index contributed by atoms with van der Waals surface area (Å²) in [7, 11) is 1.96. The third-order valence-electron chi connectivity index (χ3n) is 3.18. The van der Waals surface area contributed by atoms with E-state index in [1.165, 1.54) is 16.7 Å². The zero-order valence-corrected chi connectivity index (χ0v) is 10.1. The van der Waals surface area contributed by atoms with Gasteiger partial charge in [0.15, 0.2) is 0 Å². The minimum Gasteiger partial charge on any atom is -0.359 e. The van der Waals surface area contributed by atoms with E-state index < -0.39 is 0 Å². The van der Waals surface area contributed by atoms with Crippen LogP contribution in [0.1, 0.15) is 23.6 Å². The molecule has 1 unspecified atom stereocenters. The summed E-state index contributed by atoms with van der Waals surface area (Å²) in [6.45, 7) is 8.26. The van der Waals surface area contributed by atoms with Crippen LogP contribution >= 0.6 is 0 Å². The molecule has 0 radical (unpaired) electrons. The lowest BCUT2D eigenvalue weighted by Crippen LogP contribution is -2.28. The Morgan fingerprint density at radius 1 is 1.20 bits per heavy atom. The summed E-state index contributed by atoms with van der Waals surface area (Å²) < 4.78 is 0. The van der Waals surface area contributed by atoms with Crippen molar-refractivity contribution in [2.45, 2.75) is 33.7 Å². The van der Waals surface area contributed by atoms with Gasteiger partial charge in [0, 0.05) is 12.7 Å². The standard InChI is InChI=1S/C13H18N2/c1-9-6-7-13(12(4)11(9)3)15(5)10(2)8-14/h6-7,10H,1-5H3. The topological polar surface area (TPSA) is 27.0 Å². The SMILES string of the molecule is Cc1ccc(N(C)C(C)C#N)c(C)c1C. The van der Waals surface area contributed by atoms with E-state index in [1.54, 1.807) is 0 Å². The van der Waals surface area contributed by atoms with E-state index in [0.29, 0.717) is 0 Å². The highest BCUT2D eigenvalue weighted by atomic mass is 15.1. The number of hydrogen-bond donors (Lipinski definition) is 0. The number of nitrogens with zero attached hydrogens (tertiary/aromatic N) is 2. The van der Waals surface area contributed by atoms with Crippen molar-refractivity contribution in [1.29, 1.82) is 5.26 Å². The summed E-state index contributed by atoms with van der Waals surface area (Å²) in [5.41, 5.74) is 5.02. The highest BCUT2D eigenvalue weighted by Gasteiger charge is 2.12. The molecule has 0 N–H and O–H groups in total. The van der Waals surface area contributed by atoms with Gasteiger partial charge in [-0.1, -0.05) is 6.07 Å². The molecule has 0 saturated carbocycles. The molecule has 2 heteroatoms. The summed E-state index contributed by atoms with van der Waals surface area (Å²) in [6, 6.07) is 6.36. The van der Waals surface area contributed by atoms with Crippen molar-refractivity contribution in [1.82, 2.24) is 0 Å². The highest BCUT2D eigenvalue weighted by Crippen LogP contribution is 2.25. The number of nitriles is 1. The second-order valence-electron chi connectivity index (χ2n) is 4.07. The van der Waals surface area contributed by atoms with E-state index in [1.807, 2.05) is 18.9 Å². The Kier molecular flexibility index (Phi) is 3.36. The van der Waals surface area contributed by atoms with E-state index in [-0.39, 0.29) is 6.04 Å². The molecule has 80 valence electrons. The van der Waals surface area contributed by atoms with Crippen LogP contribution in [0.15, 0.2) is 12.1 Å². The zero-order chi connectivity index (χ0) is 11.6. The van der Waals surface area contributed by atoms with Gasteiger partial charge in [0.1, 0.15) is 6.04 Å². The Morgan fingerprint density at radius 3 is 2.33 bits per heavy atom. The van der Waals surface area contributed by atoms with Crippen LogP contribution in [0.5, 0.6) is 0 Å². The molecule has 0 saturated heterocycles. The molecule has 0 fully saturated rings. The monoisotopic (exact) mass is 202 g/mol. The minimum absolute atomic E-state index is 0.0918. The van der Waals surface area contributed by atoms with Gasteiger partial charge in [0.25, 0.3) is 0 Å². The normalized spacial score (nSPS) is 12.0. The summed E-state index contributed by atoms with van der Waals surface area (Å²) in [4.78, 5) is 2.02. The van der Waals surface area contributed by atoms with Gasteiger partial charge >= 0.3 is 0 Å². The average molecular weight is 202 g/mol. The molecule has 1 atom stereocenters. The number of rotatable bonds is 2. The summed E-state index contributed by atoms with van der Waals surface area (Å²) >= 11 is 0. The molecular formula is C13H18N2. The number of hydrogen-bond acceptors (Lipinski definition) is 2. The molecule has 15 heavy (non-hydrogen) atoms. The Morgan fingerprint density at radius 2 is 1.80 bits per heavy atom. The fourth-order valence-electron chi connectivity index (χ4n) is 1.62. The van der Waals surface area contributed by atoms with Crippen LogP contribution in [-0.2, 0) is 0 Å². The van der Waals surface area contributed by atoms with Gasteiger partial charge in [-0.2, -0.15) is 5.26 Å². The van der Waals surface area contributed by atoms with E-state index in [4.69, 9.17) is 5.26 Å². The average Bonchev–Trinajstić information content (AvgIpc) is 2.24. The second-order valence-corrected chi connectivity index (χ2v) is 4.07. The molecule has 0 heterocycles. The maximum absolute atomic E-state index is 8.89. The Labute approximate surface area is 92.1 Å². The van der Waals surface area contributed by atoms with Crippen molar-refractivity contribution in [3.05, 3.63) is 28.8 Å². The second kappa shape index (κ2) is 4.35.